The Kier molecular flexibility index (Phi) is 5.94. The normalized spacial score (nSPS) is 10.4. The molecule has 0 saturated carbocycles. The summed E-state index contributed by atoms with van der Waals surface area (Å²) >= 11 is 0. The molecule has 7 nitrogen and oxygen atoms in total. The van der Waals surface area contributed by atoms with Gasteiger partial charge in [0.15, 0.2) is 0 Å². The van der Waals surface area contributed by atoms with Gasteiger partial charge in [0.25, 0.3) is 11.6 Å². The van der Waals surface area contributed by atoms with E-state index in [4.69, 9.17) is 9.47 Å². The van der Waals surface area contributed by atoms with Crippen molar-refractivity contribution < 1.29 is 19.2 Å². The van der Waals surface area contributed by atoms with Crippen LogP contribution in [-0.2, 0) is 0 Å². The van der Waals surface area contributed by atoms with E-state index in [1.165, 1.54) is 25.3 Å². The molecule has 0 aliphatic carbocycles. The molecule has 0 bridgehead atoms. The molecule has 0 unspecified atom stereocenters. The number of amides is 1. The summed E-state index contributed by atoms with van der Waals surface area (Å²) in [5, 5.41) is 13.6. The molecule has 0 saturated heterocycles. The predicted octanol–water partition coefficient (Wildman–Crippen LogP) is 3.89. The molecule has 2 rings (SSSR count). The lowest BCUT2D eigenvalue weighted by Gasteiger charge is -2.12. The van der Waals surface area contributed by atoms with Crippen LogP contribution < -0.4 is 14.8 Å². The van der Waals surface area contributed by atoms with Crippen LogP contribution >= 0.6 is 0 Å². The zero-order chi connectivity index (χ0) is 18.4. The lowest BCUT2D eigenvalue weighted by molar-refractivity contribution is -0.384. The molecule has 0 aliphatic rings. The summed E-state index contributed by atoms with van der Waals surface area (Å²) in [6.45, 7) is 4.61. The van der Waals surface area contributed by atoms with Crippen LogP contribution in [0.5, 0.6) is 11.5 Å². The number of benzene rings is 2. The van der Waals surface area contributed by atoms with Crippen molar-refractivity contribution in [3.63, 3.8) is 0 Å². The van der Waals surface area contributed by atoms with Crippen molar-refractivity contribution in [2.75, 3.05) is 19.0 Å². The van der Waals surface area contributed by atoms with Gasteiger partial charge in [0.2, 0.25) is 0 Å². The third kappa shape index (κ3) is 4.94. The second kappa shape index (κ2) is 8.14. The molecular formula is C18H20N2O5. The molecule has 0 atom stereocenters. The second-order valence-electron chi connectivity index (χ2n) is 5.83. The SMILES string of the molecule is COc1ccc([N+](=O)[O-])cc1NC(=O)c1cccc(OCC(C)C)c1. The van der Waals surface area contributed by atoms with Crippen molar-refractivity contribution >= 4 is 17.3 Å². The monoisotopic (exact) mass is 344 g/mol. The Labute approximate surface area is 145 Å². The molecule has 0 heterocycles. The first-order valence-corrected chi connectivity index (χ1v) is 7.77. The van der Waals surface area contributed by atoms with Crippen molar-refractivity contribution in [3.05, 3.63) is 58.1 Å². The standard InChI is InChI=1S/C18H20N2O5/c1-12(2)11-25-15-6-4-5-13(9-15)18(21)19-16-10-14(20(22)23)7-8-17(16)24-3/h4-10,12H,11H2,1-3H3,(H,19,21). The van der Waals surface area contributed by atoms with Gasteiger partial charge in [-0.3, -0.25) is 14.9 Å². The molecule has 0 fully saturated rings. The van der Waals surface area contributed by atoms with E-state index in [2.05, 4.69) is 5.32 Å². The van der Waals surface area contributed by atoms with Crippen molar-refractivity contribution in [2.45, 2.75) is 13.8 Å². The Balaban J connectivity index is 2.20. The van der Waals surface area contributed by atoms with Gasteiger partial charge < -0.3 is 14.8 Å². The first-order valence-electron chi connectivity index (χ1n) is 7.77. The van der Waals surface area contributed by atoms with E-state index >= 15 is 0 Å². The molecule has 0 aromatic heterocycles. The largest absolute Gasteiger partial charge is 0.495 e. The van der Waals surface area contributed by atoms with Crippen molar-refractivity contribution in [2.24, 2.45) is 5.92 Å². The van der Waals surface area contributed by atoms with Crippen LogP contribution in [-0.4, -0.2) is 24.5 Å². The molecule has 25 heavy (non-hydrogen) atoms. The van der Waals surface area contributed by atoms with Crippen molar-refractivity contribution in [1.82, 2.24) is 0 Å². The molecule has 132 valence electrons. The van der Waals surface area contributed by atoms with E-state index < -0.39 is 10.8 Å². The number of anilines is 1. The minimum Gasteiger partial charge on any atom is -0.495 e. The maximum atomic E-state index is 12.5. The van der Waals surface area contributed by atoms with E-state index in [1.807, 2.05) is 13.8 Å². The zero-order valence-electron chi connectivity index (χ0n) is 14.3. The van der Waals surface area contributed by atoms with Crippen molar-refractivity contribution in [3.8, 4) is 11.5 Å². The third-order valence-corrected chi connectivity index (χ3v) is 3.32. The molecule has 0 aliphatic heterocycles. The Hall–Kier alpha value is -3.09. The first kappa shape index (κ1) is 18.3. The summed E-state index contributed by atoms with van der Waals surface area (Å²) in [6, 6.07) is 10.8. The molecule has 1 N–H and O–H groups in total. The minimum absolute atomic E-state index is 0.134. The summed E-state index contributed by atoms with van der Waals surface area (Å²) < 4.78 is 10.8. The number of ether oxygens (including phenoxy) is 2. The van der Waals surface area contributed by atoms with Crippen LogP contribution in [0, 0.1) is 16.0 Å². The molecule has 0 spiro atoms. The highest BCUT2D eigenvalue weighted by atomic mass is 16.6. The molecule has 0 radical (unpaired) electrons. The topological polar surface area (TPSA) is 90.7 Å². The molecule has 1 amide bonds. The number of methoxy groups -OCH3 is 1. The number of nitro groups is 1. The van der Waals surface area contributed by atoms with Crippen LogP contribution in [0.2, 0.25) is 0 Å². The van der Waals surface area contributed by atoms with Gasteiger partial charge in [-0.2, -0.15) is 0 Å². The lowest BCUT2D eigenvalue weighted by Crippen LogP contribution is -2.13. The average molecular weight is 344 g/mol. The smallest absolute Gasteiger partial charge is 0.271 e. The molecular weight excluding hydrogens is 324 g/mol. The van der Waals surface area contributed by atoms with E-state index in [9.17, 15) is 14.9 Å². The van der Waals surface area contributed by atoms with Crippen LogP contribution in [0.1, 0.15) is 24.2 Å². The Morgan fingerprint density at radius 1 is 1.24 bits per heavy atom. The van der Waals surface area contributed by atoms with Gasteiger partial charge in [0.05, 0.1) is 24.3 Å². The van der Waals surface area contributed by atoms with Gasteiger partial charge in [-0.25, -0.2) is 0 Å². The van der Waals surface area contributed by atoms with Gasteiger partial charge in [-0.15, -0.1) is 0 Å². The number of hydrogen-bond donors (Lipinski definition) is 1. The lowest BCUT2D eigenvalue weighted by atomic mass is 10.2. The van der Waals surface area contributed by atoms with Gasteiger partial charge in [-0.05, 0) is 30.2 Å². The number of nitrogens with one attached hydrogen (secondary N) is 1. The van der Waals surface area contributed by atoms with Crippen molar-refractivity contribution in [1.29, 1.82) is 0 Å². The zero-order valence-corrected chi connectivity index (χ0v) is 14.3. The number of hydrogen-bond acceptors (Lipinski definition) is 5. The van der Waals surface area contributed by atoms with E-state index in [0.717, 1.165) is 0 Å². The molecule has 7 heteroatoms. The Morgan fingerprint density at radius 2 is 2.00 bits per heavy atom. The summed E-state index contributed by atoms with van der Waals surface area (Å²) in [6.07, 6.45) is 0. The molecule has 2 aromatic carbocycles. The van der Waals surface area contributed by atoms with E-state index in [-0.39, 0.29) is 11.4 Å². The van der Waals surface area contributed by atoms with Crippen LogP contribution in [0.15, 0.2) is 42.5 Å². The van der Waals surface area contributed by atoms with Gasteiger partial charge in [0.1, 0.15) is 11.5 Å². The number of carbonyl (C=O) groups is 1. The minimum atomic E-state index is -0.532. The summed E-state index contributed by atoms with van der Waals surface area (Å²) in [5.74, 6) is 0.888. The fourth-order valence-corrected chi connectivity index (χ4v) is 2.09. The predicted molar refractivity (Wildman–Crippen MR) is 94.4 cm³/mol. The average Bonchev–Trinajstić information content (AvgIpc) is 2.60. The maximum absolute atomic E-state index is 12.5. The van der Waals surface area contributed by atoms with Gasteiger partial charge in [0, 0.05) is 17.7 Å². The number of rotatable bonds is 7. The fraction of sp³-hybridized carbons (Fsp3) is 0.278. The summed E-state index contributed by atoms with van der Waals surface area (Å²) in [4.78, 5) is 22.8. The maximum Gasteiger partial charge on any atom is 0.271 e. The summed E-state index contributed by atoms with van der Waals surface area (Å²) in [7, 11) is 1.43. The quantitative estimate of drug-likeness (QED) is 0.608. The van der Waals surface area contributed by atoms with Gasteiger partial charge >= 0.3 is 0 Å². The van der Waals surface area contributed by atoms with Crippen LogP contribution in [0.4, 0.5) is 11.4 Å². The first-order chi connectivity index (χ1) is 11.9. The van der Waals surface area contributed by atoms with E-state index in [1.54, 1.807) is 24.3 Å². The number of nitrogens with zero attached hydrogens (tertiary/aromatic N) is 1. The molecule has 2 aromatic rings. The third-order valence-electron chi connectivity index (χ3n) is 3.32. The Morgan fingerprint density at radius 3 is 2.64 bits per heavy atom. The number of nitro benzene ring substituents is 1. The second-order valence-corrected chi connectivity index (χ2v) is 5.83. The number of non-ortho nitro benzene ring substituents is 1. The highest BCUT2D eigenvalue weighted by molar-refractivity contribution is 6.05. The van der Waals surface area contributed by atoms with Crippen LogP contribution in [0.25, 0.3) is 0 Å². The van der Waals surface area contributed by atoms with Crippen LogP contribution in [0.3, 0.4) is 0 Å². The van der Waals surface area contributed by atoms with Gasteiger partial charge in [-0.1, -0.05) is 19.9 Å². The highest BCUT2D eigenvalue weighted by Gasteiger charge is 2.15. The Bertz CT molecular complexity index is 774. The highest BCUT2D eigenvalue weighted by Crippen LogP contribution is 2.29. The number of carbonyl (C=O) groups excluding carboxylic acids is 1. The van der Waals surface area contributed by atoms with E-state index in [0.29, 0.717) is 29.6 Å². The fourth-order valence-electron chi connectivity index (χ4n) is 2.09. The summed E-state index contributed by atoms with van der Waals surface area (Å²) in [5.41, 5.74) is 0.482.